The highest BCUT2D eigenvalue weighted by atomic mass is 16.5. The molecule has 3 aromatic rings. The average Bonchev–Trinajstić information content (AvgIpc) is 3.23. The number of nitrogens with zero attached hydrogens (tertiary/aromatic N) is 3. The van der Waals surface area contributed by atoms with Crippen molar-refractivity contribution >= 4 is 11.6 Å². The zero-order chi connectivity index (χ0) is 20.9. The number of amides is 1. The first kappa shape index (κ1) is 20.1. The Hall–Kier alpha value is -3.19. The molecule has 4 rings (SSSR count). The quantitative estimate of drug-likeness (QED) is 0.669. The van der Waals surface area contributed by atoms with Crippen molar-refractivity contribution in [3.63, 3.8) is 0 Å². The molecule has 7 heteroatoms. The summed E-state index contributed by atoms with van der Waals surface area (Å²) in [6.07, 6.45) is 1.60. The molecule has 1 amide bonds. The number of likely N-dealkylation sites (tertiary alicyclic amines) is 1. The van der Waals surface area contributed by atoms with Crippen LogP contribution in [0.4, 0.5) is 5.69 Å². The third kappa shape index (κ3) is 4.86. The largest absolute Gasteiger partial charge is 0.497 e. The number of nitrogens with one attached hydrogen (secondary N) is 1. The van der Waals surface area contributed by atoms with Crippen molar-refractivity contribution in [2.75, 3.05) is 25.5 Å². The Morgan fingerprint density at radius 1 is 1.20 bits per heavy atom. The molecule has 1 saturated heterocycles. The zero-order valence-electron chi connectivity index (χ0n) is 17.3. The Labute approximate surface area is 176 Å². The third-order valence-electron chi connectivity index (χ3n) is 5.40. The van der Waals surface area contributed by atoms with Gasteiger partial charge in [-0.15, -0.1) is 0 Å². The highest BCUT2D eigenvalue weighted by Crippen LogP contribution is 2.23. The Balaban J connectivity index is 1.29. The smallest absolute Gasteiger partial charge is 0.241 e. The monoisotopic (exact) mass is 406 g/mol. The summed E-state index contributed by atoms with van der Waals surface area (Å²) >= 11 is 0. The molecule has 2 aromatic carbocycles. The topological polar surface area (TPSA) is 80.5 Å². The van der Waals surface area contributed by atoms with Crippen molar-refractivity contribution < 1.29 is 14.1 Å². The number of benzene rings is 2. The van der Waals surface area contributed by atoms with Crippen molar-refractivity contribution in [1.82, 2.24) is 15.0 Å². The van der Waals surface area contributed by atoms with Gasteiger partial charge >= 0.3 is 0 Å². The SMILES string of the molecule is COc1cccc(NC(=O)C2CCN(Cc3nc(-c4cccc(C)c4)no3)CC2)c1. The average molecular weight is 406 g/mol. The van der Waals surface area contributed by atoms with E-state index in [0.717, 1.165) is 48.5 Å². The van der Waals surface area contributed by atoms with Gasteiger partial charge in [-0.1, -0.05) is 35.0 Å². The number of carbonyl (C=O) groups excluding carboxylic acids is 1. The molecule has 156 valence electrons. The van der Waals surface area contributed by atoms with Gasteiger partial charge in [0.1, 0.15) is 5.75 Å². The number of methoxy groups -OCH3 is 1. The Kier molecular flexibility index (Phi) is 6.09. The van der Waals surface area contributed by atoms with E-state index in [2.05, 4.69) is 20.4 Å². The number of piperidine rings is 1. The molecule has 30 heavy (non-hydrogen) atoms. The van der Waals surface area contributed by atoms with Crippen LogP contribution in [0.1, 0.15) is 24.3 Å². The number of ether oxygens (including phenoxy) is 1. The van der Waals surface area contributed by atoms with Crippen LogP contribution >= 0.6 is 0 Å². The van der Waals surface area contributed by atoms with E-state index in [0.29, 0.717) is 18.3 Å². The minimum atomic E-state index is -0.00186. The Morgan fingerprint density at radius 2 is 2.00 bits per heavy atom. The highest BCUT2D eigenvalue weighted by molar-refractivity contribution is 5.92. The van der Waals surface area contributed by atoms with Crippen molar-refractivity contribution in [1.29, 1.82) is 0 Å². The minimum absolute atomic E-state index is 0.00186. The summed E-state index contributed by atoms with van der Waals surface area (Å²) in [4.78, 5) is 19.4. The van der Waals surface area contributed by atoms with Crippen molar-refractivity contribution in [3.8, 4) is 17.1 Å². The summed E-state index contributed by atoms with van der Waals surface area (Å²) in [5.74, 6) is 2.00. The number of anilines is 1. The number of aryl methyl sites for hydroxylation is 1. The lowest BCUT2D eigenvalue weighted by molar-refractivity contribution is -0.121. The maximum atomic E-state index is 12.6. The molecular formula is C23H26N4O3. The molecule has 0 unspecified atom stereocenters. The summed E-state index contributed by atoms with van der Waals surface area (Å²) < 4.78 is 10.7. The van der Waals surface area contributed by atoms with Gasteiger partial charge in [-0.25, -0.2) is 0 Å². The van der Waals surface area contributed by atoms with Crippen LogP contribution in [0.25, 0.3) is 11.4 Å². The van der Waals surface area contributed by atoms with Gasteiger partial charge < -0.3 is 14.6 Å². The lowest BCUT2D eigenvalue weighted by atomic mass is 9.96. The van der Waals surface area contributed by atoms with Crippen LogP contribution in [0.15, 0.2) is 53.1 Å². The Morgan fingerprint density at radius 3 is 2.77 bits per heavy atom. The van der Waals surface area contributed by atoms with Gasteiger partial charge in [0.25, 0.3) is 0 Å². The predicted octanol–water partition coefficient (Wildman–Crippen LogP) is 3.90. The maximum Gasteiger partial charge on any atom is 0.241 e. The van der Waals surface area contributed by atoms with Gasteiger partial charge in [-0.2, -0.15) is 4.98 Å². The molecule has 0 spiro atoms. The molecule has 0 aliphatic carbocycles. The molecule has 2 heterocycles. The third-order valence-corrected chi connectivity index (χ3v) is 5.40. The first-order chi connectivity index (χ1) is 14.6. The van der Waals surface area contributed by atoms with E-state index >= 15 is 0 Å². The van der Waals surface area contributed by atoms with Crippen molar-refractivity contribution in [2.45, 2.75) is 26.3 Å². The Bertz CT molecular complexity index is 1010. The van der Waals surface area contributed by atoms with E-state index in [1.54, 1.807) is 7.11 Å². The number of aromatic nitrogens is 2. The van der Waals surface area contributed by atoms with Gasteiger partial charge in [-0.3, -0.25) is 9.69 Å². The fraction of sp³-hybridized carbons (Fsp3) is 0.348. The molecule has 1 aliphatic heterocycles. The van der Waals surface area contributed by atoms with Crippen LogP contribution in [0, 0.1) is 12.8 Å². The van der Waals surface area contributed by atoms with Crippen LogP contribution in [-0.4, -0.2) is 41.1 Å². The summed E-state index contributed by atoms with van der Waals surface area (Å²) in [5, 5.41) is 7.11. The molecule has 0 saturated carbocycles. The lowest BCUT2D eigenvalue weighted by Crippen LogP contribution is -2.37. The molecule has 0 atom stereocenters. The molecule has 7 nitrogen and oxygen atoms in total. The summed E-state index contributed by atoms with van der Waals surface area (Å²) in [6, 6.07) is 15.5. The van der Waals surface area contributed by atoms with E-state index in [-0.39, 0.29) is 11.8 Å². The number of hydrogen-bond acceptors (Lipinski definition) is 6. The minimum Gasteiger partial charge on any atom is -0.497 e. The van der Waals surface area contributed by atoms with E-state index in [9.17, 15) is 4.79 Å². The predicted molar refractivity (Wildman–Crippen MR) is 114 cm³/mol. The van der Waals surface area contributed by atoms with Crippen LogP contribution in [-0.2, 0) is 11.3 Å². The molecule has 0 radical (unpaired) electrons. The fourth-order valence-electron chi connectivity index (χ4n) is 3.71. The van der Waals surface area contributed by atoms with Crippen LogP contribution in [0.5, 0.6) is 5.75 Å². The van der Waals surface area contributed by atoms with Crippen LogP contribution < -0.4 is 10.1 Å². The van der Waals surface area contributed by atoms with Crippen molar-refractivity contribution in [2.24, 2.45) is 5.92 Å². The van der Waals surface area contributed by atoms with E-state index in [4.69, 9.17) is 9.26 Å². The van der Waals surface area contributed by atoms with Gasteiger partial charge in [-0.05, 0) is 51.1 Å². The highest BCUT2D eigenvalue weighted by Gasteiger charge is 2.26. The maximum absolute atomic E-state index is 12.6. The molecule has 0 bridgehead atoms. The second-order valence-corrected chi connectivity index (χ2v) is 7.65. The molecule has 1 N–H and O–H groups in total. The van der Waals surface area contributed by atoms with Gasteiger partial charge in [0.05, 0.1) is 13.7 Å². The summed E-state index contributed by atoms with van der Waals surface area (Å²) in [7, 11) is 1.61. The van der Waals surface area contributed by atoms with Gasteiger partial charge in [0.2, 0.25) is 17.6 Å². The van der Waals surface area contributed by atoms with Crippen LogP contribution in [0.3, 0.4) is 0 Å². The van der Waals surface area contributed by atoms with E-state index in [1.807, 2.05) is 55.5 Å². The first-order valence-electron chi connectivity index (χ1n) is 10.2. The standard InChI is InChI=1S/C23H26N4O3/c1-16-5-3-6-18(13-16)22-25-21(30-26-22)15-27-11-9-17(10-12-27)23(28)24-19-7-4-8-20(14-19)29-2/h3-8,13-14,17H,9-12,15H2,1-2H3,(H,24,28). The second kappa shape index (κ2) is 9.09. The molecule has 1 fully saturated rings. The zero-order valence-corrected chi connectivity index (χ0v) is 17.3. The van der Waals surface area contributed by atoms with Crippen LogP contribution in [0.2, 0.25) is 0 Å². The molecular weight excluding hydrogens is 380 g/mol. The first-order valence-corrected chi connectivity index (χ1v) is 10.2. The lowest BCUT2D eigenvalue weighted by Gasteiger charge is -2.30. The number of hydrogen-bond donors (Lipinski definition) is 1. The van der Waals surface area contributed by atoms with E-state index in [1.165, 1.54) is 0 Å². The van der Waals surface area contributed by atoms with Gasteiger partial charge in [0, 0.05) is 23.2 Å². The second-order valence-electron chi connectivity index (χ2n) is 7.65. The summed E-state index contributed by atoms with van der Waals surface area (Å²) in [5.41, 5.74) is 2.88. The van der Waals surface area contributed by atoms with Gasteiger partial charge in [0.15, 0.2) is 0 Å². The fourth-order valence-corrected chi connectivity index (χ4v) is 3.71. The number of carbonyl (C=O) groups is 1. The number of rotatable bonds is 6. The molecule has 1 aliphatic rings. The molecule has 1 aromatic heterocycles. The summed E-state index contributed by atoms with van der Waals surface area (Å²) in [6.45, 7) is 4.28. The normalized spacial score (nSPS) is 15.1. The van der Waals surface area contributed by atoms with E-state index < -0.39 is 0 Å². The van der Waals surface area contributed by atoms with Crippen molar-refractivity contribution in [3.05, 3.63) is 60.0 Å².